The van der Waals surface area contributed by atoms with Crippen molar-refractivity contribution in [3.8, 4) is 6.07 Å². The van der Waals surface area contributed by atoms with E-state index in [9.17, 15) is 0 Å². The van der Waals surface area contributed by atoms with Gasteiger partial charge in [0.15, 0.2) is 0 Å². The minimum atomic E-state index is 0.706. The molecule has 1 aromatic carbocycles. The minimum Gasteiger partial charge on any atom is -0.192 e. The van der Waals surface area contributed by atoms with Gasteiger partial charge in [-0.25, -0.2) is 0 Å². The van der Waals surface area contributed by atoms with Crippen LogP contribution in [0.5, 0.6) is 0 Å². The Bertz CT molecular complexity index is 420. The summed E-state index contributed by atoms with van der Waals surface area (Å²) in [6.45, 7) is 11.7. The van der Waals surface area contributed by atoms with E-state index in [0.29, 0.717) is 5.56 Å². The topological polar surface area (TPSA) is 23.8 Å². The summed E-state index contributed by atoms with van der Waals surface area (Å²) in [5.41, 5.74) is 3.76. The summed E-state index contributed by atoms with van der Waals surface area (Å²) in [5, 5.41) is 8.97. The Morgan fingerprint density at radius 1 is 1.38 bits per heavy atom. The molecule has 0 aliphatic carbocycles. The average molecular weight is 213 g/mol. The molecule has 0 unspecified atom stereocenters. The second kappa shape index (κ2) is 7.48. The highest BCUT2D eigenvalue weighted by molar-refractivity contribution is 5.77. The number of aryl methyl sites for hydroxylation is 1. The lowest BCUT2D eigenvalue weighted by molar-refractivity contribution is 1.40. The Kier molecular flexibility index (Phi) is 6.63. The van der Waals surface area contributed by atoms with Gasteiger partial charge in [-0.05, 0) is 36.6 Å². The summed E-state index contributed by atoms with van der Waals surface area (Å²) in [6, 6.07) is 8.05. The van der Waals surface area contributed by atoms with Gasteiger partial charge in [0.05, 0.1) is 11.6 Å². The van der Waals surface area contributed by atoms with Crippen LogP contribution in [-0.2, 0) is 0 Å². The molecule has 0 saturated carbocycles. The van der Waals surface area contributed by atoms with Crippen molar-refractivity contribution in [2.75, 3.05) is 0 Å². The van der Waals surface area contributed by atoms with Crippen molar-refractivity contribution in [1.29, 1.82) is 5.26 Å². The van der Waals surface area contributed by atoms with Gasteiger partial charge in [-0.1, -0.05) is 44.7 Å². The number of hydrogen-bond acceptors (Lipinski definition) is 1. The SMILES string of the molecule is C=C/C(=C\C)c1ccc(C)cc1C#N.CC. The van der Waals surface area contributed by atoms with E-state index < -0.39 is 0 Å². The standard InChI is InChI=1S/C13H13N.C2H6/c1-4-11(5-2)13-7-6-10(3)8-12(13)9-14;1-2/h4-8H,1H2,2-3H3;1-2H3/b11-5+;. The number of benzene rings is 1. The first-order chi connectivity index (χ1) is 7.72. The van der Waals surface area contributed by atoms with E-state index in [0.717, 1.165) is 16.7 Å². The number of nitriles is 1. The van der Waals surface area contributed by atoms with Gasteiger partial charge < -0.3 is 0 Å². The highest BCUT2D eigenvalue weighted by Crippen LogP contribution is 2.20. The molecule has 0 N–H and O–H groups in total. The summed E-state index contributed by atoms with van der Waals surface area (Å²) in [5.74, 6) is 0. The summed E-state index contributed by atoms with van der Waals surface area (Å²) >= 11 is 0. The van der Waals surface area contributed by atoms with Crippen molar-refractivity contribution >= 4 is 5.57 Å². The molecule has 0 spiro atoms. The van der Waals surface area contributed by atoms with Crippen LogP contribution in [0.2, 0.25) is 0 Å². The zero-order valence-corrected chi connectivity index (χ0v) is 10.5. The predicted octanol–water partition coefficient (Wildman–Crippen LogP) is 4.48. The fourth-order valence-electron chi connectivity index (χ4n) is 1.39. The molecule has 0 heterocycles. The molecule has 16 heavy (non-hydrogen) atoms. The molecule has 0 aliphatic heterocycles. The van der Waals surface area contributed by atoms with Gasteiger partial charge >= 0.3 is 0 Å². The Labute approximate surface area is 98.7 Å². The van der Waals surface area contributed by atoms with Crippen LogP contribution in [-0.4, -0.2) is 0 Å². The van der Waals surface area contributed by atoms with Gasteiger partial charge in [-0.3, -0.25) is 0 Å². The zero-order valence-electron chi connectivity index (χ0n) is 10.5. The van der Waals surface area contributed by atoms with E-state index in [-0.39, 0.29) is 0 Å². The van der Waals surface area contributed by atoms with E-state index >= 15 is 0 Å². The predicted molar refractivity (Wildman–Crippen MR) is 71.1 cm³/mol. The van der Waals surface area contributed by atoms with Gasteiger partial charge in [-0.2, -0.15) is 5.26 Å². The number of allylic oxidation sites excluding steroid dienone is 3. The van der Waals surface area contributed by atoms with Crippen LogP contribution >= 0.6 is 0 Å². The molecule has 84 valence electrons. The molecule has 0 fully saturated rings. The zero-order chi connectivity index (χ0) is 12.6. The third-order valence-electron chi connectivity index (χ3n) is 2.14. The number of rotatable bonds is 2. The molecule has 1 heteroatoms. The quantitative estimate of drug-likeness (QED) is 0.664. The van der Waals surface area contributed by atoms with Crippen molar-refractivity contribution in [3.05, 3.63) is 53.6 Å². The molecule has 1 aromatic rings. The smallest absolute Gasteiger partial charge is 0.0998 e. The summed E-state index contributed by atoms with van der Waals surface area (Å²) in [4.78, 5) is 0. The number of nitrogens with zero attached hydrogens (tertiary/aromatic N) is 1. The summed E-state index contributed by atoms with van der Waals surface area (Å²) in [6.07, 6.45) is 3.73. The highest BCUT2D eigenvalue weighted by atomic mass is 14.2. The maximum Gasteiger partial charge on any atom is 0.0998 e. The molecular weight excluding hydrogens is 194 g/mol. The van der Waals surface area contributed by atoms with E-state index in [1.54, 1.807) is 6.08 Å². The van der Waals surface area contributed by atoms with Crippen LogP contribution in [0.4, 0.5) is 0 Å². The summed E-state index contributed by atoms with van der Waals surface area (Å²) < 4.78 is 0. The lowest BCUT2D eigenvalue weighted by Crippen LogP contribution is -1.88. The Hall–Kier alpha value is -1.81. The van der Waals surface area contributed by atoms with Gasteiger partial charge in [0.25, 0.3) is 0 Å². The van der Waals surface area contributed by atoms with Crippen molar-refractivity contribution in [3.63, 3.8) is 0 Å². The third-order valence-corrected chi connectivity index (χ3v) is 2.14. The molecule has 0 aromatic heterocycles. The number of hydrogen-bond donors (Lipinski definition) is 0. The van der Waals surface area contributed by atoms with Crippen molar-refractivity contribution < 1.29 is 0 Å². The largest absolute Gasteiger partial charge is 0.192 e. The minimum absolute atomic E-state index is 0.706. The Morgan fingerprint density at radius 2 is 2.00 bits per heavy atom. The van der Waals surface area contributed by atoms with Crippen molar-refractivity contribution in [2.24, 2.45) is 0 Å². The average Bonchev–Trinajstić information content (AvgIpc) is 2.34. The maximum atomic E-state index is 8.97. The molecule has 1 nitrogen and oxygen atoms in total. The van der Waals surface area contributed by atoms with Crippen molar-refractivity contribution in [1.82, 2.24) is 0 Å². The first-order valence-corrected chi connectivity index (χ1v) is 5.52. The molecule has 1 rings (SSSR count). The fraction of sp³-hybridized carbons (Fsp3) is 0.267. The van der Waals surface area contributed by atoms with E-state index in [2.05, 4.69) is 12.6 Å². The van der Waals surface area contributed by atoms with Crippen LogP contribution < -0.4 is 0 Å². The molecule has 0 radical (unpaired) electrons. The molecule has 0 saturated heterocycles. The fourth-order valence-corrected chi connectivity index (χ4v) is 1.39. The van der Waals surface area contributed by atoms with Crippen LogP contribution in [0.25, 0.3) is 5.57 Å². The van der Waals surface area contributed by atoms with E-state index in [1.807, 2.05) is 52.0 Å². The highest BCUT2D eigenvalue weighted by Gasteiger charge is 2.03. The second-order valence-electron chi connectivity index (χ2n) is 3.11. The van der Waals surface area contributed by atoms with Gasteiger partial charge in [0.2, 0.25) is 0 Å². The maximum absolute atomic E-state index is 8.97. The first-order valence-electron chi connectivity index (χ1n) is 5.52. The summed E-state index contributed by atoms with van der Waals surface area (Å²) in [7, 11) is 0. The van der Waals surface area contributed by atoms with Gasteiger partial charge in [-0.15, -0.1) is 0 Å². The lowest BCUT2D eigenvalue weighted by atomic mass is 9.98. The Balaban J connectivity index is 0.00000106. The van der Waals surface area contributed by atoms with Crippen LogP contribution in [0.3, 0.4) is 0 Å². The first kappa shape index (κ1) is 14.2. The van der Waals surface area contributed by atoms with Crippen LogP contribution in [0.15, 0.2) is 36.9 Å². The third kappa shape index (κ3) is 3.40. The van der Waals surface area contributed by atoms with Crippen LogP contribution in [0.1, 0.15) is 37.5 Å². The van der Waals surface area contributed by atoms with Gasteiger partial charge in [0, 0.05) is 0 Å². The van der Waals surface area contributed by atoms with Gasteiger partial charge in [0.1, 0.15) is 0 Å². The molecule has 0 amide bonds. The molecular formula is C15H19N. The van der Waals surface area contributed by atoms with Crippen molar-refractivity contribution in [2.45, 2.75) is 27.7 Å². The van der Waals surface area contributed by atoms with E-state index in [1.165, 1.54) is 0 Å². The molecule has 0 aliphatic rings. The second-order valence-corrected chi connectivity index (χ2v) is 3.11. The molecule has 0 bridgehead atoms. The normalized spacial score (nSPS) is 9.81. The molecule has 0 atom stereocenters. The van der Waals surface area contributed by atoms with Crippen LogP contribution in [0, 0.1) is 18.3 Å². The Morgan fingerprint density at radius 3 is 2.44 bits per heavy atom. The van der Waals surface area contributed by atoms with E-state index in [4.69, 9.17) is 5.26 Å². The monoisotopic (exact) mass is 213 g/mol. The lowest BCUT2D eigenvalue weighted by Gasteiger charge is -2.05.